The molecule has 8 nitrogen and oxygen atoms in total. The molecule has 5 aromatic rings. The lowest BCUT2D eigenvalue weighted by atomic mass is 10.1. The maximum atomic E-state index is 13.8. The Morgan fingerprint density at radius 2 is 1.40 bits per heavy atom. The molecule has 0 radical (unpaired) electrons. The topological polar surface area (TPSA) is 80.7 Å². The number of aliphatic imine (C=N–C) groups is 1. The number of rotatable bonds is 11. The summed E-state index contributed by atoms with van der Waals surface area (Å²) >= 11 is 0. The van der Waals surface area contributed by atoms with Gasteiger partial charge in [-0.05, 0) is 91.2 Å². The summed E-state index contributed by atoms with van der Waals surface area (Å²) < 4.78 is 16.6. The number of carbonyl (C=O) groups is 2. The number of hydrogen-bond donors (Lipinski definition) is 0. The van der Waals surface area contributed by atoms with Crippen LogP contribution in [0.5, 0.6) is 5.75 Å². The predicted octanol–water partition coefficient (Wildman–Crippen LogP) is 8.47. The normalized spacial score (nSPS) is 14.2. The van der Waals surface area contributed by atoms with E-state index in [9.17, 15) is 9.59 Å². The highest BCUT2D eigenvalue weighted by Crippen LogP contribution is 2.34. The first kappa shape index (κ1) is 31.8. The highest BCUT2D eigenvalue weighted by molar-refractivity contribution is 6.12. The zero-order chi connectivity index (χ0) is 33.3. The first-order valence-electron chi connectivity index (χ1n) is 15.7. The number of amidine groups is 1. The first-order chi connectivity index (χ1) is 23.5. The molecule has 0 saturated carbocycles. The number of methoxy groups -OCH3 is 1. The molecule has 1 amide bonds. The van der Waals surface area contributed by atoms with E-state index in [2.05, 4.69) is 34.2 Å². The van der Waals surface area contributed by atoms with E-state index in [0.717, 1.165) is 33.9 Å². The number of ether oxygens (including phenoxy) is 3. The van der Waals surface area contributed by atoms with Crippen LogP contribution >= 0.6 is 0 Å². The number of anilines is 3. The Hall–Kier alpha value is -6.15. The molecular weight excluding hydrogens is 602 g/mol. The largest absolute Gasteiger partial charge is 0.497 e. The summed E-state index contributed by atoms with van der Waals surface area (Å²) in [5, 5.41) is 0. The Bertz CT molecular complexity index is 1880. The predicted molar refractivity (Wildman–Crippen MR) is 188 cm³/mol. The van der Waals surface area contributed by atoms with Gasteiger partial charge in [0.15, 0.2) is 5.76 Å². The number of esters is 1. The van der Waals surface area contributed by atoms with Crippen molar-refractivity contribution in [2.24, 2.45) is 4.99 Å². The van der Waals surface area contributed by atoms with Gasteiger partial charge in [0.25, 0.3) is 5.91 Å². The lowest BCUT2D eigenvalue weighted by molar-refractivity contribution is -0.122. The van der Waals surface area contributed by atoms with Crippen molar-refractivity contribution in [3.63, 3.8) is 0 Å². The number of amides is 1. The molecule has 6 rings (SSSR count). The third-order valence-corrected chi connectivity index (χ3v) is 7.76. The van der Waals surface area contributed by atoms with Gasteiger partial charge in [-0.15, -0.1) is 0 Å². The molecule has 0 spiro atoms. The summed E-state index contributed by atoms with van der Waals surface area (Å²) in [5.74, 6) is 0.0643. The molecule has 0 aromatic heterocycles. The van der Waals surface area contributed by atoms with Gasteiger partial charge in [0.05, 0.1) is 25.0 Å². The smallest absolute Gasteiger partial charge is 0.340 e. The van der Waals surface area contributed by atoms with Gasteiger partial charge in [-0.2, -0.15) is 4.99 Å². The van der Waals surface area contributed by atoms with Gasteiger partial charge in [-0.1, -0.05) is 72.8 Å². The molecular formula is C40H35N3O5. The second-order valence-corrected chi connectivity index (χ2v) is 10.9. The van der Waals surface area contributed by atoms with Crippen molar-refractivity contribution < 1.29 is 23.8 Å². The van der Waals surface area contributed by atoms with Crippen molar-refractivity contribution in [3.05, 3.63) is 156 Å². The Morgan fingerprint density at radius 1 is 0.792 bits per heavy atom. The monoisotopic (exact) mass is 637 g/mol. The average Bonchev–Trinajstić information content (AvgIpc) is 3.42. The second kappa shape index (κ2) is 15.0. The quantitative estimate of drug-likeness (QED) is 0.107. The van der Waals surface area contributed by atoms with Gasteiger partial charge in [-0.3, -0.25) is 9.69 Å². The molecule has 0 atom stereocenters. The standard InChI is InChI=1S/C40H35N3O5/c1-3-47-39(45)35-16-10-11-17-36(35)41-40-42(27-26-29-20-24-34(46-2)25-21-29)38(44)37(48-40)28-30-18-22-33(23-19-30)43(31-12-6-4-7-13-31)32-14-8-5-9-15-32/h4-25,28H,3,26-27H2,1-2H3/b37-28+,41-40?. The summed E-state index contributed by atoms with van der Waals surface area (Å²) in [4.78, 5) is 34.8. The molecule has 1 aliphatic rings. The highest BCUT2D eigenvalue weighted by Gasteiger charge is 2.35. The SMILES string of the molecule is CCOC(=O)c1ccccc1N=C1O/C(=C/c2ccc(N(c3ccccc3)c3ccccc3)cc2)C(=O)N1CCc1ccc(OC)cc1. The van der Waals surface area contributed by atoms with E-state index in [1.165, 1.54) is 4.90 Å². The summed E-state index contributed by atoms with van der Waals surface area (Å²) in [6.07, 6.45) is 2.26. The highest BCUT2D eigenvalue weighted by atomic mass is 16.5. The van der Waals surface area contributed by atoms with Crippen molar-refractivity contribution in [2.75, 3.05) is 25.2 Å². The molecule has 1 saturated heterocycles. The second-order valence-electron chi connectivity index (χ2n) is 10.9. The number of nitrogens with zero attached hydrogens (tertiary/aromatic N) is 3. The molecule has 0 unspecified atom stereocenters. The summed E-state index contributed by atoms with van der Waals surface area (Å²) in [6, 6.07) is 42.8. The van der Waals surface area contributed by atoms with Crippen LogP contribution in [0, 0.1) is 0 Å². The number of hydrogen-bond acceptors (Lipinski definition) is 7. The molecule has 0 bridgehead atoms. The zero-order valence-corrected chi connectivity index (χ0v) is 26.8. The van der Waals surface area contributed by atoms with Crippen LogP contribution in [0.4, 0.5) is 22.7 Å². The summed E-state index contributed by atoms with van der Waals surface area (Å²) in [5.41, 5.74) is 5.46. The molecule has 0 N–H and O–H groups in total. The molecule has 1 fully saturated rings. The van der Waals surface area contributed by atoms with Crippen LogP contribution < -0.4 is 9.64 Å². The van der Waals surface area contributed by atoms with Crippen LogP contribution in [-0.4, -0.2) is 43.1 Å². The Kier molecular flexibility index (Phi) is 9.92. The fraction of sp³-hybridized carbons (Fsp3) is 0.125. The molecule has 8 heteroatoms. The van der Waals surface area contributed by atoms with Crippen LogP contribution in [0.15, 0.2) is 144 Å². The van der Waals surface area contributed by atoms with Gasteiger partial charge < -0.3 is 19.1 Å². The lowest BCUT2D eigenvalue weighted by Crippen LogP contribution is -2.32. The van der Waals surface area contributed by atoms with Gasteiger partial charge in [-0.25, -0.2) is 4.79 Å². The van der Waals surface area contributed by atoms with Crippen LogP contribution in [0.1, 0.15) is 28.4 Å². The number of benzene rings is 5. The van der Waals surface area contributed by atoms with Gasteiger partial charge in [0.1, 0.15) is 5.75 Å². The Labute approximate surface area is 280 Å². The van der Waals surface area contributed by atoms with E-state index >= 15 is 0 Å². The van der Waals surface area contributed by atoms with Crippen molar-refractivity contribution in [2.45, 2.75) is 13.3 Å². The van der Waals surface area contributed by atoms with Gasteiger partial charge in [0.2, 0.25) is 0 Å². The van der Waals surface area contributed by atoms with Crippen molar-refractivity contribution in [1.29, 1.82) is 0 Å². The van der Waals surface area contributed by atoms with Crippen molar-refractivity contribution in [1.82, 2.24) is 4.90 Å². The lowest BCUT2D eigenvalue weighted by Gasteiger charge is -2.25. The molecule has 0 aliphatic carbocycles. The van der Waals surface area contributed by atoms with Gasteiger partial charge >= 0.3 is 12.0 Å². The third-order valence-electron chi connectivity index (χ3n) is 7.76. The van der Waals surface area contributed by atoms with E-state index in [1.54, 1.807) is 44.4 Å². The molecule has 240 valence electrons. The summed E-state index contributed by atoms with van der Waals surface area (Å²) in [6.45, 7) is 2.29. The Balaban J connectivity index is 1.31. The number of para-hydroxylation sites is 3. The minimum Gasteiger partial charge on any atom is -0.497 e. The van der Waals surface area contributed by atoms with Crippen LogP contribution in [0.2, 0.25) is 0 Å². The van der Waals surface area contributed by atoms with E-state index in [0.29, 0.717) is 18.7 Å². The molecule has 1 aliphatic heterocycles. The minimum atomic E-state index is -0.498. The van der Waals surface area contributed by atoms with E-state index in [4.69, 9.17) is 14.2 Å². The maximum absolute atomic E-state index is 13.8. The van der Waals surface area contributed by atoms with E-state index < -0.39 is 5.97 Å². The van der Waals surface area contributed by atoms with Crippen LogP contribution in [-0.2, 0) is 20.7 Å². The van der Waals surface area contributed by atoms with Crippen LogP contribution in [0.3, 0.4) is 0 Å². The fourth-order valence-electron chi connectivity index (χ4n) is 5.35. The van der Waals surface area contributed by atoms with Gasteiger partial charge in [0, 0.05) is 23.6 Å². The van der Waals surface area contributed by atoms with Crippen molar-refractivity contribution >= 4 is 46.7 Å². The average molecular weight is 638 g/mol. The minimum absolute atomic E-state index is 0.0902. The third kappa shape index (κ3) is 7.29. The zero-order valence-electron chi connectivity index (χ0n) is 26.8. The van der Waals surface area contributed by atoms with Crippen molar-refractivity contribution in [3.8, 4) is 5.75 Å². The molecule has 5 aromatic carbocycles. The van der Waals surface area contributed by atoms with E-state index in [1.807, 2.05) is 84.9 Å². The summed E-state index contributed by atoms with van der Waals surface area (Å²) in [7, 11) is 1.62. The van der Waals surface area contributed by atoms with E-state index in [-0.39, 0.29) is 29.9 Å². The van der Waals surface area contributed by atoms with Crippen LogP contribution in [0.25, 0.3) is 6.08 Å². The first-order valence-corrected chi connectivity index (χ1v) is 15.7. The molecule has 48 heavy (non-hydrogen) atoms. The fourth-order valence-corrected chi connectivity index (χ4v) is 5.35. The number of carbonyl (C=O) groups excluding carboxylic acids is 2. The molecule has 1 heterocycles. The maximum Gasteiger partial charge on any atom is 0.340 e. The Morgan fingerprint density at radius 3 is 2.02 bits per heavy atom.